The van der Waals surface area contributed by atoms with Crippen molar-refractivity contribution >= 4 is 40.9 Å². The number of anilines is 1. The maximum atomic E-state index is 14.5. The smallest absolute Gasteiger partial charge is 0.306 e. The lowest BCUT2D eigenvalue weighted by molar-refractivity contribution is -0.155. The molecule has 1 aromatic heterocycles. The van der Waals surface area contributed by atoms with Crippen LogP contribution in [0, 0.1) is 12.4 Å². The van der Waals surface area contributed by atoms with Gasteiger partial charge < -0.3 is 25.0 Å². The van der Waals surface area contributed by atoms with Gasteiger partial charge in [-0.15, -0.1) is 11.8 Å². The van der Waals surface area contributed by atoms with Crippen LogP contribution in [0.15, 0.2) is 59.6 Å². The monoisotopic (exact) mass is 659 g/mol. The third-order valence-electron chi connectivity index (χ3n) is 8.02. The van der Waals surface area contributed by atoms with Crippen LogP contribution in [-0.2, 0) is 27.5 Å². The molecule has 47 heavy (non-hydrogen) atoms. The van der Waals surface area contributed by atoms with E-state index in [-0.39, 0.29) is 37.7 Å². The van der Waals surface area contributed by atoms with E-state index in [1.165, 1.54) is 11.0 Å². The maximum Gasteiger partial charge on any atom is 0.306 e. The van der Waals surface area contributed by atoms with Crippen LogP contribution in [0.25, 0.3) is 4.85 Å². The van der Waals surface area contributed by atoms with Gasteiger partial charge in [0.1, 0.15) is 29.8 Å². The van der Waals surface area contributed by atoms with Crippen LogP contribution in [0.3, 0.4) is 0 Å². The van der Waals surface area contributed by atoms with Gasteiger partial charge in [-0.05, 0) is 76.4 Å². The Kier molecular flexibility index (Phi) is 10.3. The van der Waals surface area contributed by atoms with Crippen LogP contribution in [0.4, 0.5) is 15.8 Å². The fourth-order valence-electron chi connectivity index (χ4n) is 5.76. The van der Waals surface area contributed by atoms with Crippen LogP contribution in [0.5, 0.6) is 5.75 Å². The number of hydrogen-bond acceptors (Lipinski definition) is 8. The molecule has 0 spiro atoms. The first-order chi connectivity index (χ1) is 22.4. The van der Waals surface area contributed by atoms with Crippen molar-refractivity contribution in [2.45, 2.75) is 81.4 Å². The Balaban J connectivity index is 1.14. The predicted octanol–water partition coefficient (Wildman–Crippen LogP) is 6.04. The summed E-state index contributed by atoms with van der Waals surface area (Å²) in [6.07, 6.45) is 3.62. The zero-order valence-electron chi connectivity index (χ0n) is 26.7. The number of ether oxygens (including phenoxy) is 2. The second-order valence-electron chi connectivity index (χ2n) is 12.6. The molecule has 12 heteroatoms. The highest BCUT2D eigenvalue weighted by molar-refractivity contribution is 8.00. The fourth-order valence-corrected chi connectivity index (χ4v) is 6.85. The number of thioether (sulfide) groups is 1. The molecule has 0 unspecified atom stereocenters. The number of esters is 1. The Morgan fingerprint density at radius 2 is 1.94 bits per heavy atom. The number of carbonyl (C=O) groups is 3. The number of aromatic nitrogens is 1. The van der Waals surface area contributed by atoms with Crippen molar-refractivity contribution in [3.8, 4) is 5.75 Å². The van der Waals surface area contributed by atoms with Crippen molar-refractivity contribution in [3.05, 3.63) is 88.8 Å². The first-order valence-electron chi connectivity index (χ1n) is 15.5. The van der Waals surface area contributed by atoms with Crippen molar-refractivity contribution in [2.75, 3.05) is 18.0 Å². The molecular formula is C35H38FN5O5S. The van der Waals surface area contributed by atoms with Crippen LogP contribution < -0.4 is 15.4 Å². The van der Waals surface area contributed by atoms with E-state index in [9.17, 15) is 18.8 Å². The largest absolute Gasteiger partial charge is 0.487 e. The average molecular weight is 660 g/mol. The van der Waals surface area contributed by atoms with Gasteiger partial charge in [-0.1, -0.05) is 12.1 Å². The lowest BCUT2D eigenvalue weighted by Crippen LogP contribution is -2.45. The summed E-state index contributed by atoms with van der Waals surface area (Å²) in [5.74, 6) is -1.34. The van der Waals surface area contributed by atoms with Crippen LogP contribution >= 0.6 is 11.8 Å². The number of fused-ring (bicyclic) bond motifs is 1. The van der Waals surface area contributed by atoms with E-state index in [0.29, 0.717) is 39.2 Å². The van der Waals surface area contributed by atoms with Crippen molar-refractivity contribution in [2.24, 2.45) is 5.73 Å². The molecule has 3 aromatic rings. The summed E-state index contributed by atoms with van der Waals surface area (Å²) in [6, 6.07) is 12.8. The number of nitrogens with zero attached hydrogens (tertiary/aromatic N) is 4. The Bertz CT molecular complexity index is 1680. The third-order valence-corrected chi connectivity index (χ3v) is 9.34. The standard InChI is InChI=1S/C35H38FN5O5S/c1-35(2,3)46-32(42)13-12-30(33(37)43)41-20-27-26(34(41)44)6-5-7-31(27)45-21-23-8-10-25(19-39-23)47-24-14-16-40(17-15-24)29-11-9-22(38-4)18-28(29)36/h5-11,18-19,24,30H,12-17,20-21H2,1-3H3,(H2,37,43)/t30-/m0/s1. The van der Waals surface area contributed by atoms with Crippen molar-refractivity contribution in [3.63, 3.8) is 0 Å². The molecule has 5 rings (SSSR count). The molecule has 10 nitrogen and oxygen atoms in total. The van der Waals surface area contributed by atoms with E-state index < -0.39 is 23.5 Å². The van der Waals surface area contributed by atoms with E-state index in [1.54, 1.807) is 62.9 Å². The minimum absolute atomic E-state index is 0.0487. The van der Waals surface area contributed by atoms with Crippen molar-refractivity contribution < 1.29 is 28.2 Å². The molecular weight excluding hydrogens is 621 g/mol. The second kappa shape index (κ2) is 14.4. The summed E-state index contributed by atoms with van der Waals surface area (Å²) in [5, 5.41) is 0.376. The number of rotatable bonds is 11. The molecule has 1 atom stereocenters. The Hall–Kier alpha value is -4.63. The van der Waals surface area contributed by atoms with Crippen LogP contribution in [0.1, 0.15) is 68.1 Å². The number of benzene rings is 2. The Labute approximate surface area is 278 Å². The molecule has 0 aliphatic carbocycles. The number of piperidine rings is 1. The van der Waals surface area contributed by atoms with Crippen LogP contribution in [0.2, 0.25) is 0 Å². The molecule has 0 saturated carbocycles. The summed E-state index contributed by atoms with van der Waals surface area (Å²) in [4.78, 5) is 50.2. The highest BCUT2D eigenvalue weighted by Crippen LogP contribution is 2.35. The van der Waals surface area contributed by atoms with Gasteiger partial charge in [0.2, 0.25) is 5.91 Å². The summed E-state index contributed by atoms with van der Waals surface area (Å²) in [7, 11) is 0. The molecule has 2 aliphatic rings. The number of primary amides is 1. The molecule has 2 N–H and O–H groups in total. The predicted molar refractivity (Wildman–Crippen MR) is 177 cm³/mol. The maximum absolute atomic E-state index is 14.5. The van der Waals surface area contributed by atoms with E-state index in [0.717, 1.165) is 30.8 Å². The number of carbonyl (C=O) groups excluding carboxylic acids is 3. The fraction of sp³-hybridized carbons (Fsp3) is 0.400. The molecule has 0 bridgehead atoms. The number of nitrogens with two attached hydrogens (primary N) is 1. The molecule has 1 fully saturated rings. The van der Waals surface area contributed by atoms with Gasteiger partial charge in [0.15, 0.2) is 5.69 Å². The average Bonchev–Trinajstić information content (AvgIpc) is 3.36. The van der Waals surface area contributed by atoms with E-state index in [1.807, 2.05) is 23.2 Å². The highest BCUT2D eigenvalue weighted by Gasteiger charge is 2.37. The SMILES string of the molecule is [C-]#[N+]c1ccc(N2CCC(Sc3ccc(COc4cccc5c4CN([C@@H](CCC(=O)OC(C)(C)C)C(N)=O)C5=O)nc3)CC2)c(F)c1. The minimum Gasteiger partial charge on any atom is -0.487 e. The zero-order valence-corrected chi connectivity index (χ0v) is 27.5. The number of hydrogen-bond donors (Lipinski definition) is 1. The Morgan fingerprint density at radius 1 is 1.17 bits per heavy atom. The number of amides is 2. The van der Waals surface area contributed by atoms with Crippen molar-refractivity contribution in [1.29, 1.82) is 0 Å². The van der Waals surface area contributed by atoms with Gasteiger partial charge in [-0.3, -0.25) is 19.4 Å². The number of halogens is 1. The highest BCUT2D eigenvalue weighted by atomic mass is 32.2. The quantitative estimate of drug-likeness (QED) is 0.195. The first kappa shape index (κ1) is 33.7. The lowest BCUT2D eigenvalue weighted by atomic mass is 10.1. The lowest BCUT2D eigenvalue weighted by Gasteiger charge is -2.33. The topological polar surface area (TPSA) is 119 Å². The summed E-state index contributed by atoms with van der Waals surface area (Å²) in [5.41, 5.74) is 7.65. The molecule has 2 amide bonds. The third kappa shape index (κ3) is 8.40. The van der Waals surface area contributed by atoms with E-state index in [4.69, 9.17) is 21.8 Å². The second-order valence-corrected chi connectivity index (χ2v) is 14.0. The normalized spacial score (nSPS) is 15.6. The van der Waals surface area contributed by atoms with Gasteiger partial charge in [-0.25, -0.2) is 9.24 Å². The van der Waals surface area contributed by atoms with Gasteiger partial charge >= 0.3 is 5.97 Å². The molecule has 2 aliphatic heterocycles. The number of pyridine rings is 1. The van der Waals surface area contributed by atoms with Crippen molar-refractivity contribution in [1.82, 2.24) is 9.88 Å². The summed E-state index contributed by atoms with van der Waals surface area (Å²) in [6.45, 7) is 14.1. The minimum atomic E-state index is -0.965. The summed E-state index contributed by atoms with van der Waals surface area (Å²) >= 11 is 1.75. The Morgan fingerprint density at radius 3 is 2.57 bits per heavy atom. The van der Waals surface area contributed by atoms with E-state index in [2.05, 4.69) is 9.83 Å². The first-order valence-corrected chi connectivity index (χ1v) is 16.4. The molecule has 1 saturated heterocycles. The molecule has 246 valence electrons. The van der Waals surface area contributed by atoms with Gasteiger partial charge in [0.25, 0.3) is 5.91 Å². The van der Waals surface area contributed by atoms with E-state index >= 15 is 0 Å². The molecule has 3 heterocycles. The van der Waals surface area contributed by atoms with Gasteiger partial charge in [-0.2, -0.15) is 0 Å². The summed E-state index contributed by atoms with van der Waals surface area (Å²) < 4.78 is 25.9. The van der Waals surface area contributed by atoms with Crippen LogP contribution in [-0.4, -0.2) is 57.6 Å². The van der Waals surface area contributed by atoms with Gasteiger partial charge in [0, 0.05) is 47.0 Å². The zero-order chi connectivity index (χ0) is 33.7. The van der Waals surface area contributed by atoms with Gasteiger partial charge in [0.05, 0.1) is 24.5 Å². The molecule has 2 aromatic carbocycles. The molecule has 0 radical (unpaired) electrons.